The molecule has 0 unspecified atom stereocenters. The molecule has 0 amide bonds. The highest BCUT2D eigenvalue weighted by Gasteiger charge is 2.17. The molecule has 0 radical (unpaired) electrons. The Labute approximate surface area is 103 Å². The van der Waals surface area contributed by atoms with Gasteiger partial charge in [-0.05, 0) is 17.7 Å². The quantitative estimate of drug-likeness (QED) is 0.771. The van der Waals surface area contributed by atoms with Gasteiger partial charge in [0.25, 0.3) is 0 Å². The van der Waals surface area contributed by atoms with Gasteiger partial charge in [0.2, 0.25) is 0 Å². The summed E-state index contributed by atoms with van der Waals surface area (Å²) in [5.74, 6) is -1.90. The Morgan fingerprint density at radius 1 is 1.17 bits per heavy atom. The lowest BCUT2D eigenvalue weighted by Gasteiger charge is -2.10. The Morgan fingerprint density at radius 2 is 1.83 bits per heavy atom. The van der Waals surface area contributed by atoms with Crippen LogP contribution in [0, 0.1) is 0 Å². The normalized spacial score (nSPS) is 10.3. The molecule has 6 nitrogen and oxygen atoms in total. The topological polar surface area (TPSA) is 93.1 Å². The van der Waals surface area contributed by atoms with Crippen molar-refractivity contribution >= 4 is 18.0 Å². The number of hydrogen-bond donors (Lipinski definition) is 2. The second kappa shape index (κ2) is 5.72. The molecule has 0 atom stereocenters. The monoisotopic (exact) mass is 252 g/mol. The van der Waals surface area contributed by atoms with E-state index in [4.69, 9.17) is 19.7 Å². The van der Waals surface area contributed by atoms with E-state index < -0.39 is 11.9 Å². The predicted octanol–water partition coefficient (Wildman–Crippen LogP) is 1.50. The minimum atomic E-state index is -1.21. The molecule has 0 aliphatic rings. The zero-order valence-corrected chi connectivity index (χ0v) is 9.84. The molecule has 0 aliphatic carbocycles. The number of rotatable bonds is 5. The number of carbonyl (C=O) groups is 2. The molecule has 0 fully saturated rings. The van der Waals surface area contributed by atoms with E-state index in [1.54, 1.807) is 0 Å². The molecule has 1 aromatic carbocycles. The summed E-state index contributed by atoms with van der Waals surface area (Å²) in [4.78, 5) is 21.6. The molecule has 6 heteroatoms. The third-order valence-corrected chi connectivity index (χ3v) is 2.18. The van der Waals surface area contributed by atoms with Crippen LogP contribution in [-0.4, -0.2) is 36.4 Å². The molecule has 0 saturated carbocycles. The first-order valence-electron chi connectivity index (χ1n) is 4.90. The average Bonchev–Trinajstić information content (AvgIpc) is 2.34. The zero-order chi connectivity index (χ0) is 13.7. The first kappa shape index (κ1) is 13.6. The van der Waals surface area contributed by atoms with Crippen LogP contribution in [0.5, 0.6) is 11.5 Å². The lowest BCUT2D eigenvalue weighted by Crippen LogP contribution is -2.04. The minimum Gasteiger partial charge on any atom is -0.497 e. The van der Waals surface area contributed by atoms with E-state index in [-0.39, 0.29) is 16.9 Å². The van der Waals surface area contributed by atoms with E-state index in [0.717, 1.165) is 6.08 Å². The second-order valence-electron chi connectivity index (χ2n) is 3.27. The van der Waals surface area contributed by atoms with Crippen molar-refractivity contribution in [2.45, 2.75) is 0 Å². The van der Waals surface area contributed by atoms with E-state index >= 15 is 0 Å². The van der Waals surface area contributed by atoms with Crippen molar-refractivity contribution in [1.29, 1.82) is 0 Å². The fourth-order valence-corrected chi connectivity index (χ4v) is 1.41. The number of aliphatic carboxylic acids is 1. The Hall–Kier alpha value is -2.50. The maximum absolute atomic E-state index is 11.1. The van der Waals surface area contributed by atoms with Crippen LogP contribution in [0.4, 0.5) is 0 Å². The van der Waals surface area contributed by atoms with Crippen molar-refractivity contribution in [2.75, 3.05) is 14.2 Å². The number of hydrogen-bond acceptors (Lipinski definition) is 4. The van der Waals surface area contributed by atoms with Gasteiger partial charge in [0.1, 0.15) is 17.1 Å². The standard InChI is InChI=1S/C12H12O6/c1-17-8-5-7(3-4-10(13)14)11(12(15)16)9(6-8)18-2/h3-6H,1-2H3,(H,13,14)(H,15,16). The molecule has 0 aromatic heterocycles. The van der Waals surface area contributed by atoms with Crippen molar-refractivity contribution in [3.8, 4) is 11.5 Å². The Balaban J connectivity index is 3.43. The Kier molecular flexibility index (Phi) is 4.31. The van der Waals surface area contributed by atoms with Crippen LogP contribution >= 0.6 is 0 Å². The minimum absolute atomic E-state index is 0.104. The summed E-state index contributed by atoms with van der Waals surface area (Å²) in [5.41, 5.74) is 0.0805. The number of benzene rings is 1. The molecule has 0 bridgehead atoms. The van der Waals surface area contributed by atoms with Crippen LogP contribution in [0.2, 0.25) is 0 Å². The van der Waals surface area contributed by atoms with Crippen molar-refractivity contribution in [2.24, 2.45) is 0 Å². The van der Waals surface area contributed by atoms with E-state index in [9.17, 15) is 9.59 Å². The van der Waals surface area contributed by atoms with E-state index in [1.807, 2.05) is 0 Å². The molecule has 0 saturated heterocycles. The second-order valence-corrected chi connectivity index (χ2v) is 3.27. The number of carboxylic acids is 2. The average molecular weight is 252 g/mol. The first-order valence-corrected chi connectivity index (χ1v) is 4.90. The molecular weight excluding hydrogens is 240 g/mol. The molecule has 18 heavy (non-hydrogen) atoms. The summed E-state index contributed by atoms with van der Waals surface area (Å²) in [6.07, 6.45) is 2.03. The maximum atomic E-state index is 11.1. The molecule has 2 N–H and O–H groups in total. The van der Waals surface area contributed by atoms with Gasteiger partial charge < -0.3 is 19.7 Å². The van der Waals surface area contributed by atoms with Gasteiger partial charge in [-0.25, -0.2) is 9.59 Å². The van der Waals surface area contributed by atoms with Crippen molar-refractivity contribution < 1.29 is 29.3 Å². The van der Waals surface area contributed by atoms with Crippen LogP contribution in [0.3, 0.4) is 0 Å². The third-order valence-electron chi connectivity index (χ3n) is 2.18. The predicted molar refractivity (Wildman–Crippen MR) is 63.2 cm³/mol. The van der Waals surface area contributed by atoms with E-state index in [0.29, 0.717) is 5.75 Å². The van der Waals surface area contributed by atoms with Crippen LogP contribution in [0.15, 0.2) is 18.2 Å². The smallest absolute Gasteiger partial charge is 0.340 e. The van der Waals surface area contributed by atoms with E-state index in [2.05, 4.69) is 0 Å². The highest BCUT2D eigenvalue weighted by Crippen LogP contribution is 2.29. The summed E-state index contributed by atoms with van der Waals surface area (Å²) in [6.45, 7) is 0. The largest absolute Gasteiger partial charge is 0.497 e. The van der Waals surface area contributed by atoms with Crippen molar-refractivity contribution in [3.05, 3.63) is 29.3 Å². The Morgan fingerprint density at radius 3 is 2.28 bits per heavy atom. The molecule has 1 aromatic rings. The lowest BCUT2D eigenvalue weighted by atomic mass is 10.1. The maximum Gasteiger partial charge on any atom is 0.340 e. The Bertz CT molecular complexity index is 504. The lowest BCUT2D eigenvalue weighted by molar-refractivity contribution is -0.131. The molecule has 1 rings (SSSR count). The third kappa shape index (κ3) is 3.00. The van der Waals surface area contributed by atoms with Crippen LogP contribution in [0.1, 0.15) is 15.9 Å². The summed E-state index contributed by atoms with van der Waals surface area (Å²) in [7, 11) is 2.74. The van der Waals surface area contributed by atoms with Gasteiger partial charge in [-0.2, -0.15) is 0 Å². The number of methoxy groups -OCH3 is 2. The fraction of sp³-hybridized carbons (Fsp3) is 0.167. The summed E-state index contributed by atoms with van der Waals surface area (Å²) >= 11 is 0. The van der Waals surface area contributed by atoms with Gasteiger partial charge in [0, 0.05) is 12.1 Å². The summed E-state index contributed by atoms with van der Waals surface area (Å²) < 4.78 is 9.94. The number of carboxylic acid groups (broad SMARTS) is 2. The van der Waals surface area contributed by atoms with Gasteiger partial charge in [-0.15, -0.1) is 0 Å². The van der Waals surface area contributed by atoms with Crippen LogP contribution in [-0.2, 0) is 4.79 Å². The molecule has 0 heterocycles. The van der Waals surface area contributed by atoms with Gasteiger partial charge in [0.15, 0.2) is 0 Å². The number of ether oxygens (including phenoxy) is 2. The van der Waals surface area contributed by atoms with E-state index in [1.165, 1.54) is 32.4 Å². The van der Waals surface area contributed by atoms with Gasteiger partial charge in [-0.3, -0.25) is 0 Å². The number of aromatic carboxylic acids is 1. The highest BCUT2D eigenvalue weighted by molar-refractivity contribution is 5.97. The summed E-state index contributed by atoms with van der Waals surface area (Å²) in [5, 5.41) is 17.7. The van der Waals surface area contributed by atoms with Crippen LogP contribution in [0.25, 0.3) is 6.08 Å². The fourth-order valence-electron chi connectivity index (χ4n) is 1.41. The molecular formula is C12H12O6. The molecule has 0 spiro atoms. The molecule has 96 valence electrons. The highest BCUT2D eigenvalue weighted by atomic mass is 16.5. The van der Waals surface area contributed by atoms with Crippen LogP contribution < -0.4 is 9.47 Å². The molecule has 0 aliphatic heterocycles. The van der Waals surface area contributed by atoms with Gasteiger partial charge in [0.05, 0.1) is 14.2 Å². The van der Waals surface area contributed by atoms with Gasteiger partial charge in [-0.1, -0.05) is 0 Å². The summed E-state index contributed by atoms with van der Waals surface area (Å²) in [6, 6.07) is 2.84. The zero-order valence-electron chi connectivity index (χ0n) is 9.84. The SMILES string of the molecule is COc1cc(C=CC(=O)O)c(C(=O)O)c(OC)c1. The van der Waals surface area contributed by atoms with Crippen molar-refractivity contribution in [1.82, 2.24) is 0 Å². The van der Waals surface area contributed by atoms with Crippen molar-refractivity contribution in [3.63, 3.8) is 0 Å². The first-order chi connectivity index (χ1) is 8.49. The van der Waals surface area contributed by atoms with Gasteiger partial charge >= 0.3 is 11.9 Å².